The van der Waals surface area contributed by atoms with Crippen molar-refractivity contribution in [2.45, 2.75) is 20.4 Å². The highest BCUT2D eigenvalue weighted by Crippen LogP contribution is 2.23. The van der Waals surface area contributed by atoms with Gasteiger partial charge in [0, 0.05) is 17.8 Å². The maximum absolute atomic E-state index is 5.21. The lowest BCUT2D eigenvalue weighted by Crippen LogP contribution is -2.01. The van der Waals surface area contributed by atoms with Crippen LogP contribution in [-0.2, 0) is 6.54 Å². The van der Waals surface area contributed by atoms with E-state index in [2.05, 4.69) is 53.6 Å². The van der Waals surface area contributed by atoms with Crippen molar-refractivity contribution >= 4 is 5.69 Å². The summed E-state index contributed by atoms with van der Waals surface area (Å²) >= 11 is 0. The Morgan fingerprint density at radius 2 is 1.86 bits per heavy atom. The average molecular weight is 279 g/mol. The predicted molar refractivity (Wildman–Crippen MR) is 83.0 cm³/mol. The van der Waals surface area contributed by atoms with E-state index in [0.29, 0.717) is 5.89 Å². The first-order valence-corrected chi connectivity index (χ1v) is 6.89. The number of aromatic nitrogens is 2. The molecule has 0 aliphatic carbocycles. The van der Waals surface area contributed by atoms with Gasteiger partial charge in [-0.15, -0.1) is 10.2 Å². The summed E-state index contributed by atoms with van der Waals surface area (Å²) in [5.41, 5.74) is 5.74. The molecule has 0 bridgehead atoms. The first-order chi connectivity index (χ1) is 10.2. The Balaban J connectivity index is 1.73. The van der Waals surface area contributed by atoms with Crippen LogP contribution in [0, 0.1) is 13.8 Å². The lowest BCUT2D eigenvalue weighted by Gasteiger charge is -2.10. The van der Waals surface area contributed by atoms with E-state index in [1.165, 1.54) is 17.5 Å². The number of nitrogens with zero attached hydrogens (tertiary/aromatic N) is 2. The van der Waals surface area contributed by atoms with E-state index < -0.39 is 0 Å². The minimum Gasteiger partial charge on any atom is -0.423 e. The van der Waals surface area contributed by atoms with Gasteiger partial charge in [-0.3, -0.25) is 0 Å². The molecule has 0 saturated heterocycles. The molecule has 1 heterocycles. The zero-order chi connectivity index (χ0) is 14.7. The van der Waals surface area contributed by atoms with Crippen molar-refractivity contribution in [1.29, 1.82) is 0 Å². The third-order valence-corrected chi connectivity index (χ3v) is 3.44. The van der Waals surface area contributed by atoms with Crippen molar-refractivity contribution in [2.75, 3.05) is 5.32 Å². The van der Waals surface area contributed by atoms with Crippen molar-refractivity contribution in [3.8, 4) is 11.5 Å². The third-order valence-electron chi connectivity index (χ3n) is 3.44. The molecule has 0 atom stereocenters. The fourth-order valence-corrected chi connectivity index (χ4v) is 2.20. The van der Waals surface area contributed by atoms with Gasteiger partial charge >= 0.3 is 0 Å². The quantitative estimate of drug-likeness (QED) is 0.785. The van der Waals surface area contributed by atoms with Crippen LogP contribution in [-0.4, -0.2) is 10.2 Å². The van der Waals surface area contributed by atoms with Crippen LogP contribution in [0.25, 0.3) is 11.5 Å². The molecular weight excluding hydrogens is 262 g/mol. The normalized spacial score (nSPS) is 10.6. The summed E-state index contributed by atoms with van der Waals surface area (Å²) in [5, 5.41) is 11.1. The van der Waals surface area contributed by atoms with Crippen LogP contribution in [0.2, 0.25) is 0 Å². The Morgan fingerprint density at radius 3 is 2.52 bits per heavy atom. The zero-order valence-electron chi connectivity index (χ0n) is 12.1. The molecule has 3 aromatic rings. The fourth-order valence-electron chi connectivity index (χ4n) is 2.20. The van der Waals surface area contributed by atoms with E-state index in [-0.39, 0.29) is 0 Å². The second-order valence-electron chi connectivity index (χ2n) is 5.11. The van der Waals surface area contributed by atoms with Crippen molar-refractivity contribution in [1.82, 2.24) is 10.2 Å². The number of anilines is 1. The lowest BCUT2D eigenvalue weighted by atomic mass is 10.1. The number of hydrogen-bond acceptors (Lipinski definition) is 4. The molecule has 0 amide bonds. The highest BCUT2D eigenvalue weighted by atomic mass is 16.4. The number of rotatable bonds is 4. The highest BCUT2D eigenvalue weighted by molar-refractivity contribution is 5.62. The predicted octanol–water partition coefficient (Wildman–Crippen LogP) is 3.97. The second kappa shape index (κ2) is 5.79. The molecule has 0 fully saturated rings. The number of benzene rings is 2. The Morgan fingerprint density at radius 1 is 1.05 bits per heavy atom. The Bertz CT molecular complexity index is 718. The molecule has 0 saturated carbocycles. The van der Waals surface area contributed by atoms with Crippen molar-refractivity contribution in [3.05, 3.63) is 65.5 Å². The number of aryl methyl sites for hydroxylation is 2. The lowest BCUT2D eigenvalue weighted by molar-refractivity contribution is 0.568. The molecular formula is C17H17N3O. The maximum Gasteiger partial charge on any atom is 0.247 e. The molecule has 3 rings (SSSR count). The second-order valence-corrected chi connectivity index (χ2v) is 5.11. The third kappa shape index (κ3) is 3.11. The molecule has 1 N–H and O–H groups in total. The van der Waals surface area contributed by atoms with E-state index in [1.807, 2.05) is 18.2 Å². The number of hydrogen-bond donors (Lipinski definition) is 1. The molecule has 21 heavy (non-hydrogen) atoms. The van der Waals surface area contributed by atoms with Gasteiger partial charge in [0.2, 0.25) is 12.3 Å². The molecule has 0 unspecified atom stereocenters. The molecule has 0 aliphatic rings. The summed E-state index contributed by atoms with van der Waals surface area (Å²) in [6.45, 7) is 4.97. The largest absolute Gasteiger partial charge is 0.423 e. The van der Waals surface area contributed by atoms with Gasteiger partial charge < -0.3 is 9.73 Å². The molecule has 1 aromatic heterocycles. The van der Waals surface area contributed by atoms with Crippen LogP contribution >= 0.6 is 0 Å². The average Bonchev–Trinajstić information content (AvgIpc) is 3.02. The van der Waals surface area contributed by atoms with E-state index >= 15 is 0 Å². The van der Waals surface area contributed by atoms with E-state index in [9.17, 15) is 0 Å². The van der Waals surface area contributed by atoms with E-state index in [1.54, 1.807) is 0 Å². The van der Waals surface area contributed by atoms with Crippen LogP contribution in [0.3, 0.4) is 0 Å². The minimum atomic E-state index is 0.545. The van der Waals surface area contributed by atoms with Crippen molar-refractivity contribution < 1.29 is 4.42 Å². The molecule has 2 aromatic carbocycles. The first kappa shape index (κ1) is 13.4. The topological polar surface area (TPSA) is 51.0 Å². The summed E-state index contributed by atoms with van der Waals surface area (Å²) < 4.78 is 5.21. The molecule has 0 spiro atoms. The number of nitrogens with one attached hydrogen (secondary N) is 1. The van der Waals surface area contributed by atoms with Gasteiger partial charge in [-0.2, -0.15) is 0 Å². The van der Waals surface area contributed by atoms with Gasteiger partial charge in [0.1, 0.15) is 0 Å². The smallest absolute Gasteiger partial charge is 0.247 e. The summed E-state index contributed by atoms with van der Waals surface area (Å²) in [7, 11) is 0. The van der Waals surface area contributed by atoms with E-state index in [0.717, 1.165) is 23.4 Å². The Hall–Kier alpha value is -2.62. The van der Waals surface area contributed by atoms with Gasteiger partial charge in [0.15, 0.2) is 0 Å². The first-order valence-electron chi connectivity index (χ1n) is 6.89. The monoisotopic (exact) mass is 279 g/mol. The van der Waals surface area contributed by atoms with Gasteiger partial charge in [-0.1, -0.05) is 29.8 Å². The molecule has 4 heteroatoms. The Labute approximate surface area is 123 Å². The van der Waals surface area contributed by atoms with E-state index in [4.69, 9.17) is 4.42 Å². The standard InChI is InChI=1S/C17H17N3O/c1-12-3-5-14(6-4-12)10-18-16-8-7-15(9-13(16)2)17-20-19-11-21-17/h3-9,11,18H,10H2,1-2H3. The van der Waals surface area contributed by atoms with Gasteiger partial charge in [0.05, 0.1) is 0 Å². The molecule has 0 radical (unpaired) electrons. The SMILES string of the molecule is Cc1ccc(CNc2ccc(-c3nnco3)cc2C)cc1. The van der Waals surface area contributed by atoms with Gasteiger partial charge in [0.25, 0.3) is 0 Å². The summed E-state index contributed by atoms with van der Waals surface area (Å²) in [4.78, 5) is 0. The van der Waals surface area contributed by atoms with Gasteiger partial charge in [-0.25, -0.2) is 0 Å². The van der Waals surface area contributed by atoms with Crippen molar-refractivity contribution in [3.63, 3.8) is 0 Å². The maximum atomic E-state index is 5.21. The molecule has 4 nitrogen and oxygen atoms in total. The van der Waals surface area contributed by atoms with Crippen LogP contribution in [0.15, 0.2) is 53.3 Å². The van der Waals surface area contributed by atoms with Gasteiger partial charge in [-0.05, 0) is 43.2 Å². The van der Waals surface area contributed by atoms with Crippen LogP contribution in [0.4, 0.5) is 5.69 Å². The highest BCUT2D eigenvalue weighted by Gasteiger charge is 2.06. The summed E-state index contributed by atoms with van der Waals surface area (Å²) in [6.07, 6.45) is 1.34. The minimum absolute atomic E-state index is 0.545. The van der Waals surface area contributed by atoms with Crippen LogP contribution in [0.5, 0.6) is 0 Å². The van der Waals surface area contributed by atoms with Crippen molar-refractivity contribution in [2.24, 2.45) is 0 Å². The fraction of sp³-hybridized carbons (Fsp3) is 0.176. The van der Waals surface area contributed by atoms with Crippen LogP contribution < -0.4 is 5.32 Å². The summed E-state index contributed by atoms with van der Waals surface area (Å²) in [6, 6.07) is 14.6. The zero-order valence-corrected chi connectivity index (χ0v) is 12.1. The van der Waals surface area contributed by atoms with Crippen LogP contribution in [0.1, 0.15) is 16.7 Å². The molecule has 0 aliphatic heterocycles. The molecule has 106 valence electrons. The summed E-state index contributed by atoms with van der Waals surface area (Å²) in [5.74, 6) is 0.545. The Kier molecular flexibility index (Phi) is 3.69.